The molecule has 4 aromatic carbocycles. The third kappa shape index (κ3) is 18.9. The van der Waals surface area contributed by atoms with Crippen molar-refractivity contribution in [3.8, 4) is 33.9 Å². The van der Waals surface area contributed by atoms with Gasteiger partial charge in [0.25, 0.3) is 11.1 Å². The topological polar surface area (TPSA) is 354 Å². The minimum Gasteiger partial charge on any atom is -0.458 e. The van der Waals surface area contributed by atoms with Crippen LogP contribution >= 0.6 is 47.0 Å². The Labute approximate surface area is 705 Å². The average molecular weight is 1700 g/mol. The molecule has 7 N–H and O–H groups in total. The fourth-order valence-corrected chi connectivity index (χ4v) is 19.9. The van der Waals surface area contributed by atoms with Gasteiger partial charge in [-0.3, -0.25) is 38.4 Å². The summed E-state index contributed by atoms with van der Waals surface area (Å²) in [7, 11) is 0. The predicted octanol–water partition coefficient (Wildman–Crippen LogP) is 12.2. The van der Waals surface area contributed by atoms with Crippen molar-refractivity contribution in [1.29, 1.82) is 0 Å². The molecule has 0 spiro atoms. The van der Waals surface area contributed by atoms with Gasteiger partial charge in [-0.15, -0.1) is 0 Å². The third-order valence-corrected chi connectivity index (χ3v) is 27.3. The van der Waals surface area contributed by atoms with Crippen LogP contribution in [0.15, 0.2) is 94.5 Å². The number of ether oxygens (including phenoxy) is 3. The van der Waals surface area contributed by atoms with Crippen molar-refractivity contribution >= 4 is 122 Å². The number of benzene rings is 4. The van der Waals surface area contributed by atoms with Crippen LogP contribution in [0.4, 0.5) is 13.6 Å². The second-order valence-electron chi connectivity index (χ2n) is 31.3. The molecule has 5 aliphatic rings. The summed E-state index contributed by atoms with van der Waals surface area (Å²) in [6.45, 7) is 16.6. The maximum Gasteiger partial charge on any atom is 0.407 e. The molecule has 4 aromatic heterocycles. The van der Waals surface area contributed by atoms with E-state index < -0.39 is 77.0 Å². The number of hydrogen-bond donors (Lipinski definition) is 6. The van der Waals surface area contributed by atoms with Crippen molar-refractivity contribution in [3.63, 3.8) is 0 Å². The van der Waals surface area contributed by atoms with E-state index in [9.17, 15) is 71.7 Å². The number of Topliss-reactive ketones (excluding diaryl/α,β-unsaturated/α-hetero) is 4. The number of nitrogens with zero attached hydrogens (tertiary/aromatic N) is 4. The second kappa shape index (κ2) is 38.1. The largest absolute Gasteiger partial charge is 0.458 e. The Bertz CT molecular complexity index is 5460. The highest BCUT2D eigenvalue weighted by atomic mass is 32.2. The molecule has 13 rings (SSSR count). The molecule has 8 aromatic rings. The summed E-state index contributed by atoms with van der Waals surface area (Å²) in [5, 5.41) is 32.2. The van der Waals surface area contributed by atoms with Gasteiger partial charge in [-0.2, -0.15) is 47.0 Å². The fourth-order valence-electron chi connectivity index (χ4n) is 15.7. The number of aromatic nitrogens is 4. The van der Waals surface area contributed by atoms with E-state index in [0.717, 1.165) is 91.1 Å². The van der Waals surface area contributed by atoms with Crippen molar-refractivity contribution in [2.24, 2.45) is 17.6 Å². The highest BCUT2D eigenvalue weighted by Gasteiger charge is 2.48. The predicted molar refractivity (Wildman–Crippen MR) is 458 cm³/mol. The normalized spacial score (nSPS) is 17.4. The Hall–Kier alpha value is -9.43. The lowest BCUT2D eigenvalue weighted by molar-refractivity contribution is -0.172. The summed E-state index contributed by atoms with van der Waals surface area (Å²) < 4.78 is 48.8. The van der Waals surface area contributed by atoms with Crippen molar-refractivity contribution in [2.45, 2.75) is 200 Å². The number of aryl methyl sites for hydroxylation is 2. The monoisotopic (exact) mass is 1700 g/mol. The number of ketones is 4. The summed E-state index contributed by atoms with van der Waals surface area (Å²) in [4.78, 5) is 151. The number of nitrogens with one attached hydrogen (secondary N) is 3. The van der Waals surface area contributed by atoms with Gasteiger partial charge in [0.2, 0.25) is 11.8 Å². The lowest BCUT2D eigenvalue weighted by Crippen LogP contribution is -2.44. The quantitative estimate of drug-likeness (QED) is 0.0122. The molecule has 0 saturated heterocycles. The zero-order valence-corrected chi connectivity index (χ0v) is 71.6. The van der Waals surface area contributed by atoms with Gasteiger partial charge in [-0.1, -0.05) is 76.2 Å². The molecule has 3 amide bonds. The van der Waals surface area contributed by atoms with Crippen LogP contribution in [0.2, 0.25) is 0 Å². The zero-order chi connectivity index (χ0) is 85.6. The van der Waals surface area contributed by atoms with Gasteiger partial charge in [0.15, 0.2) is 28.6 Å². The first-order valence-corrected chi connectivity index (χ1v) is 44.9. The number of carbonyl (C=O) groups is 9. The smallest absolute Gasteiger partial charge is 0.407 e. The van der Waals surface area contributed by atoms with Gasteiger partial charge in [0.1, 0.15) is 37.2 Å². The molecule has 8 heterocycles. The maximum absolute atomic E-state index is 14.9. The van der Waals surface area contributed by atoms with Gasteiger partial charge in [0, 0.05) is 112 Å². The van der Waals surface area contributed by atoms with Crippen molar-refractivity contribution in [1.82, 2.24) is 35.1 Å². The molecule has 8 atom stereocenters. The Morgan fingerprint density at radius 1 is 0.555 bits per heavy atom. The first kappa shape index (κ1) is 88.8. The number of cyclic esters (lactones) is 2. The number of halogens is 2. The van der Waals surface area contributed by atoms with Crippen molar-refractivity contribution in [3.05, 3.63) is 184 Å². The van der Waals surface area contributed by atoms with E-state index in [1.807, 2.05) is 36.4 Å². The summed E-state index contributed by atoms with van der Waals surface area (Å²) in [5.41, 5.74) is 13.8. The van der Waals surface area contributed by atoms with Crippen LogP contribution in [0.1, 0.15) is 179 Å². The number of alkyl carbamates (subject to hydrolysis) is 1. The van der Waals surface area contributed by atoms with E-state index in [1.54, 1.807) is 150 Å². The van der Waals surface area contributed by atoms with Crippen LogP contribution in [-0.4, -0.2) is 148 Å². The van der Waals surface area contributed by atoms with Crippen LogP contribution in [0, 0.1) is 37.3 Å². The number of rotatable bonds is 35. The lowest BCUT2D eigenvalue weighted by Gasteiger charge is -2.31. The van der Waals surface area contributed by atoms with Gasteiger partial charge < -0.3 is 55.2 Å². The van der Waals surface area contributed by atoms with Crippen molar-refractivity contribution < 1.29 is 76.4 Å². The van der Waals surface area contributed by atoms with E-state index >= 15 is 0 Å². The summed E-state index contributed by atoms with van der Waals surface area (Å²) >= 11 is 6.74. The standard InChI is InChI=1S/C52H55FN4O9S2.C37H45FN4O7S2/c1-6-52(64)41-22-44-47-37(24-57(44)49(61)39(41)26-65-50(52)62)40(36-20-28(2)42(53)23-43(36)56-47)27-68-18-11-17-67-19-16-45(58)30(4)54-48(60)29(3)21-46(59)31(5)55-51(63)66-25-38-34-14-9-7-12-32(34)33-13-8-10-15-35(33)38;1-6-37(48)27-14-30-33-24(16-42(30)35(46)25(27)17-49-36(37)47)26(23-12-19(2)28(38)15-29(23)41-33)18-51-10-7-9-50-11-8-31(43)22(5)40-34(45)20(3)13-32(44)21(4)39/h7-10,12-15,20,22-23,29-31,38,64H,6,11,16-19,21,24-27H2,1-5H3,(H,54,60)(H,55,63);12,14-15,20-22,48H,6-11,13,16-18,39H2,1-5H3,(H,40,45)/t29-,30+,31+,52-;20-,21+,22+,37+/m01/s1. The first-order valence-electron chi connectivity index (χ1n) is 40.3. The number of hydrogen-bond acceptors (Lipinski definition) is 23. The van der Waals surface area contributed by atoms with Gasteiger partial charge >= 0.3 is 18.0 Å². The molecule has 0 saturated carbocycles. The number of esters is 2. The molecule has 1 aliphatic carbocycles. The fraction of sp³-hybridized carbons (Fsp3) is 0.449. The Morgan fingerprint density at radius 2 is 0.958 bits per heavy atom. The van der Waals surface area contributed by atoms with Gasteiger partial charge in [-0.05, 0) is 159 Å². The van der Waals surface area contributed by atoms with Crippen molar-refractivity contribution in [2.75, 3.05) is 41.1 Å². The average Bonchev–Trinajstić information content (AvgIpc) is 1.59. The summed E-state index contributed by atoms with van der Waals surface area (Å²) in [6.07, 6.45) is 1.58. The van der Waals surface area contributed by atoms with Crippen LogP contribution in [-0.2, 0) is 102 Å². The molecule has 0 unspecified atom stereocenters. The minimum absolute atomic E-state index is 0.0260. The number of amides is 3. The molecule has 0 fully saturated rings. The molecular weight excluding hydrogens is 1600 g/mol. The molecule has 119 heavy (non-hydrogen) atoms. The Morgan fingerprint density at radius 3 is 1.38 bits per heavy atom. The number of aliphatic hydroxyl groups is 2. The molecule has 24 nitrogen and oxygen atoms in total. The maximum atomic E-state index is 14.9. The number of thioether (sulfide) groups is 4. The molecule has 630 valence electrons. The van der Waals surface area contributed by atoms with Crippen LogP contribution in [0.25, 0.3) is 55.7 Å². The highest BCUT2D eigenvalue weighted by Crippen LogP contribution is 2.47. The van der Waals surface area contributed by atoms with Crippen LogP contribution < -0.4 is 32.8 Å². The van der Waals surface area contributed by atoms with Crippen LogP contribution in [0.5, 0.6) is 0 Å². The number of carbonyl (C=O) groups excluding carboxylic acids is 9. The molecule has 0 bridgehead atoms. The zero-order valence-electron chi connectivity index (χ0n) is 68.3. The second-order valence-corrected chi connectivity index (χ2v) is 36.0. The van der Waals surface area contributed by atoms with E-state index in [4.69, 9.17) is 29.9 Å². The molecule has 4 aliphatic heterocycles. The lowest BCUT2D eigenvalue weighted by atomic mass is 9.86. The molecule has 0 radical (unpaired) electrons. The van der Waals surface area contributed by atoms with E-state index in [0.29, 0.717) is 74.4 Å². The Balaban J connectivity index is 0.000000228. The summed E-state index contributed by atoms with van der Waals surface area (Å²) in [5.74, 6) is 0.399. The molecular formula is C89H100F2N8O16S4. The third-order valence-electron chi connectivity index (χ3n) is 23.1. The van der Waals surface area contributed by atoms with E-state index in [1.165, 1.54) is 12.1 Å². The summed E-state index contributed by atoms with van der Waals surface area (Å²) in [6, 6.07) is 22.9. The number of pyridine rings is 4. The highest BCUT2D eigenvalue weighted by molar-refractivity contribution is 8.00. The number of nitrogens with two attached hydrogens (primary N) is 1. The van der Waals surface area contributed by atoms with E-state index in [2.05, 4.69) is 28.1 Å². The Kier molecular flexibility index (Phi) is 28.5. The van der Waals surface area contributed by atoms with Gasteiger partial charge in [0.05, 0.1) is 82.2 Å². The first-order chi connectivity index (χ1) is 56.8. The number of fused-ring (bicyclic) bond motifs is 13. The SMILES string of the molecule is CC[C@@]1(O)C(=O)OCc2c1cc1n(c2=O)Cc2c-1nc1cc(F)c(C)cc1c2CSCCCSCCC(=O)[C@@H](C)NC(=O)[C@@H](C)CC(=O)[C@@H](C)NC(=O)OCC1c2ccccc2-c2ccccc21.CC[C@@]1(O)C(=O)OCc2c1cc1n(c2=O)Cc2c-1nc1cc(F)c(C)cc1c2CSCCCSCCC(=O)[C@H](C)NC(=O)[C@H](C)CC(=O)[C@H](C)N. The van der Waals surface area contributed by atoms with Gasteiger partial charge in [-0.25, -0.2) is 33.1 Å². The van der Waals surface area contributed by atoms with Crippen LogP contribution in [0.3, 0.4) is 0 Å². The molecule has 30 heteroatoms. The minimum atomic E-state index is -1.95. The van der Waals surface area contributed by atoms with E-state index in [-0.39, 0.29) is 139 Å².